The van der Waals surface area contributed by atoms with E-state index in [1.165, 1.54) is 6.07 Å². The number of aromatic nitrogens is 5. The molecule has 0 fully saturated rings. The average molecular weight is 300 g/mol. The minimum atomic E-state index is -0.234. The first kappa shape index (κ1) is 14.2. The molecule has 2 aromatic heterocycles. The Hall–Kier alpha value is -2.70. The minimum Gasteiger partial charge on any atom is -0.363 e. The molecule has 0 saturated carbocycles. The molecule has 1 N–H and O–H groups in total. The van der Waals surface area contributed by atoms with Crippen LogP contribution in [0, 0.1) is 12.7 Å². The van der Waals surface area contributed by atoms with Crippen LogP contribution in [0.1, 0.15) is 16.8 Å². The monoisotopic (exact) mass is 300 g/mol. The largest absolute Gasteiger partial charge is 0.363 e. The van der Waals surface area contributed by atoms with Crippen molar-refractivity contribution in [2.45, 2.75) is 20.0 Å². The van der Waals surface area contributed by atoms with E-state index in [1.807, 2.05) is 26.2 Å². The van der Waals surface area contributed by atoms with Crippen molar-refractivity contribution < 1.29 is 4.39 Å². The molecule has 0 atom stereocenters. The Kier molecular flexibility index (Phi) is 3.86. The zero-order valence-electron chi connectivity index (χ0n) is 12.5. The second-order valence-electron chi connectivity index (χ2n) is 5.15. The van der Waals surface area contributed by atoms with E-state index < -0.39 is 0 Å². The maximum atomic E-state index is 13.7. The van der Waals surface area contributed by atoms with Crippen molar-refractivity contribution in [3.8, 4) is 0 Å². The molecule has 7 heteroatoms. The summed E-state index contributed by atoms with van der Waals surface area (Å²) in [6.45, 7) is 2.89. The highest BCUT2D eigenvalue weighted by Gasteiger charge is 2.10. The Bertz CT molecular complexity index is 776. The second kappa shape index (κ2) is 5.97. The van der Waals surface area contributed by atoms with Gasteiger partial charge >= 0.3 is 0 Å². The lowest BCUT2D eigenvalue weighted by Crippen LogP contribution is -2.06. The molecule has 0 aliphatic carbocycles. The molecule has 0 spiro atoms. The van der Waals surface area contributed by atoms with Gasteiger partial charge in [-0.1, -0.05) is 23.4 Å². The predicted octanol–water partition coefficient (Wildman–Crippen LogP) is 2.12. The molecule has 1 aromatic carbocycles. The number of aryl methyl sites for hydroxylation is 1. The fraction of sp³-hybridized carbons (Fsp3) is 0.267. The standard InChI is InChI=1S/C15H17FN6/c1-11-15(17-7-12-8-18-21(2)9-12)19-20-22(11)10-13-5-3-4-6-14(13)16/h3-6,8-9,17H,7,10H2,1-2H3. The summed E-state index contributed by atoms with van der Waals surface area (Å²) in [6.07, 6.45) is 3.73. The number of benzene rings is 1. The van der Waals surface area contributed by atoms with Crippen molar-refractivity contribution in [2.75, 3.05) is 5.32 Å². The van der Waals surface area contributed by atoms with Crippen LogP contribution in [0.2, 0.25) is 0 Å². The molecular weight excluding hydrogens is 283 g/mol. The van der Waals surface area contributed by atoms with Crippen molar-refractivity contribution in [3.05, 3.63) is 59.3 Å². The van der Waals surface area contributed by atoms with Crippen LogP contribution in [0.3, 0.4) is 0 Å². The summed E-state index contributed by atoms with van der Waals surface area (Å²) in [4.78, 5) is 0. The van der Waals surface area contributed by atoms with Crippen LogP contribution < -0.4 is 5.32 Å². The number of nitrogens with zero attached hydrogens (tertiary/aromatic N) is 5. The van der Waals surface area contributed by atoms with E-state index in [1.54, 1.807) is 27.7 Å². The van der Waals surface area contributed by atoms with Gasteiger partial charge in [-0.15, -0.1) is 5.10 Å². The summed E-state index contributed by atoms with van der Waals surface area (Å²) in [5.41, 5.74) is 2.52. The van der Waals surface area contributed by atoms with Gasteiger partial charge in [0.25, 0.3) is 0 Å². The van der Waals surface area contributed by atoms with Gasteiger partial charge in [0, 0.05) is 30.9 Å². The van der Waals surface area contributed by atoms with E-state index >= 15 is 0 Å². The molecule has 0 amide bonds. The van der Waals surface area contributed by atoms with E-state index in [4.69, 9.17) is 0 Å². The first-order valence-electron chi connectivity index (χ1n) is 6.98. The first-order chi connectivity index (χ1) is 10.6. The zero-order chi connectivity index (χ0) is 15.5. The zero-order valence-corrected chi connectivity index (χ0v) is 12.5. The molecule has 0 aliphatic rings. The Morgan fingerprint density at radius 2 is 2.09 bits per heavy atom. The lowest BCUT2D eigenvalue weighted by molar-refractivity contribution is 0.571. The topological polar surface area (TPSA) is 60.6 Å². The van der Waals surface area contributed by atoms with Crippen LogP contribution in [0.25, 0.3) is 0 Å². The summed E-state index contributed by atoms with van der Waals surface area (Å²) in [7, 11) is 1.87. The van der Waals surface area contributed by atoms with Gasteiger partial charge in [-0.3, -0.25) is 4.68 Å². The number of rotatable bonds is 5. The van der Waals surface area contributed by atoms with Crippen LogP contribution in [-0.2, 0) is 20.1 Å². The van der Waals surface area contributed by atoms with Crippen molar-refractivity contribution in [3.63, 3.8) is 0 Å². The fourth-order valence-corrected chi connectivity index (χ4v) is 2.21. The lowest BCUT2D eigenvalue weighted by Gasteiger charge is -2.06. The molecule has 6 nitrogen and oxygen atoms in total. The summed E-state index contributed by atoms with van der Waals surface area (Å²) in [5.74, 6) is 0.461. The number of anilines is 1. The highest BCUT2D eigenvalue weighted by Crippen LogP contribution is 2.14. The van der Waals surface area contributed by atoms with Gasteiger partial charge < -0.3 is 5.32 Å². The molecule has 0 radical (unpaired) electrons. The van der Waals surface area contributed by atoms with Crippen LogP contribution in [0.15, 0.2) is 36.7 Å². The van der Waals surface area contributed by atoms with E-state index in [2.05, 4.69) is 20.7 Å². The van der Waals surface area contributed by atoms with Crippen molar-refractivity contribution in [1.82, 2.24) is 24.8 Å². The smallest absolute Gasteiger partial charge is 0.171 e. The third kappa shape index (κ3) is 2.98. The molecule has 0 bridgehead atoms. The van der Waals surface area contributed by atoms with Gasteiger partial charge in [0.1, 0.15) is 5.82 Å². The molecule has 0 aliphatic heterocycles. The first-order valence-corrected chi connectivity index (χ1v) is 6.98. The van der Waals surface area contributed by atoms with Crippen LogP contribution in [0.4, 0.5) is 10.2 Å². The van der Waals surface area contributed by atoms with Crippen LogP contribution in [-0.4, -0.2) is 24.8 Å². The van der Waals surface area contributed by atoms with Crippen LogP contribution in [0.5, 0.6) is 0 Å². The third-order valence-corrected chi connectivity index (χ3v) is 3.48. The second-order valence-corrected chi connectivity index (χ2v) is 5.15. The van der Waals surface area contributed by atoms with E-state index in [-0.39, 0.29) is 5.82 Å². The number of hydrogen-bond acceptors (Lipinski definition) is 4. The van der Waals surface area contributed by atoms with Gasteiger partial charge in [0.2, 0.25) is 0 Å². The maximum Gasteiger partial charge on any atom is 0.171 e. The van der Waals surface area contributed by atoms with Gasteiger partial charge in [-0.2, -0.15) is 5.10 Å². The predicted molar refractivity (Wildman–Crippen MR) is 80.8 cm³/mol. The Morgan fingerprint density at radius 1 is 1.27 bits per heavy atom. The molecule has 0 saturated heterocycles. The van der Waals surface area contributed by atoms with Crippen LogP contribution >= 0.6 is 0 Å². The molecule has 114 valence electrons. The Morgan fingerprint density at radius 3 is 2.82 bits per heavy atom. The normalized spacial score (nSPS) is 10.9. The summed E-state index contributed by atoms with van der Waals surface area (Å²) >= 11 is 0. The molecule has 22 heavy (non-hydrogen) atoms. The number of hydrogen-bond donors (Lipinski definition) is 1. The van der Waals surface area contributed by atoms with Gasteiger partial charge in [-0.25, -0.2) is 9.07 Å². The molecule has 3 rings (SSSR count). The van der Waals surface area contributed by atoms with Crippen molar-refractivity contribution >= 4 is 5.82 Å². The number of nitrogens with one attached hydrogen (secondary N) is 1. The Labute approximate surface area is 127 Å². The average Bonchev–Trinajstić information content (AvgIpc) is 3.07. The quantitative estimate of drug-likeness (QED) is 0.784. The third-order valence-electron chi connectivity index (χ3n) is 3.48. The van der Waals surface area contributed by atoms with Crippen molar-refractivity contribution in [1.29, 1.82) is 0 Å². The molecule has 2 heterocycles. The van der Waals surface area contributed by atoms with E-state index in [9.17, 15) is 4.39 Å². The maximum absolute atomic E-state index is 13.7. The minimum absolute atomic E-state index is 0.234. The lowest BCUT2D eigenvalue weighted by atomic mass is 10.2. The SMILES string of the molecule is Cc1c(NCc2cnn(C)c2)nnn1Cc1ccccc1F. The van der Waals surface area contributed by atoms with Gasteiger partial charge in [0.15, 0.2) is 5.82 Å². The van der Waals surface area contributed by atoms with E-state index in [0.29, 0.717) is 24.5 Å². The number of halogens is 1. The summed E-state index contributed by atoms with van der Waals surface area (Å²) in [5, 5.41) is 15.5. The Balaban J connectivity index is 1.70. The fourth-order valence-electron chi connectivity index (χ4n) is 2.21. The summed E-state index contributed by atoms with van der Waals surface area (Å²) < 4.78 is 17.1. The highest BCUT2D eigenvalue weighted by atomic mass is 19.1. The van der Waals surface area contributed by atoms with Crippen molar-refractivity contribution in [2.24, 2.45) is 7.05 Å². The van der Waals surface area contributed by atoms with E-state index in [0.717, 1.165) is 11.3 Å². The van der Waals surface area contributed by atoms with Gasteiger partial charge in [0.05, 0.1) is 18.4 Å². The molecular formula is C15H17FN6. The molecule has 3 aromatic rings. The highest BCUT2D eigenvalue weighted by molar-refractivity contribution is 5.39. The molecule has 0 unspecified atom stereocenters. The van der Waals surface area contributed by atoms with Gasteiger partial charge in [-0.05, 0) is 13.0 Å². The summed E-state index contributed by atoms with van der Waals surface area (Å²) in [6, 6.07) is 6.68.